The second-order valence-corrected chi connectivity index (χ2v) is 5.95. The van der Waals surface area contributed by atoms with Crippen LogP contribution < -0.4 is 10.6 Å². The molecule has 1 saturated carbocycles. The third-order valence-electron chi connectivity index (χ3n) is 3.77. The highest BCUT2D eigenvalue weighted by Gasteiger charge is 2.45. The van der Waals surface area contributed by atoms with E-state index in [0.29, 0.717) is 6.42 Å². The number of hydrogen-bond acceptors (Lipinski definition) is 3. The van der Waals surface area contributed by atoms with E-state index in [4.69, 9.17) is 0 Å². The molecule has 1 aliphatic carbocycles. The van der Waals surface area contributed by atoms with Gasteiger partial charge in [0.2, 0.25) is 0 Å². The van der Waals surface area contributed by atoms with Gasteiger partial charge in [0.05, 0.1) is 5.41 Å². The summed E-state index contributed by atoms with van der Waals surface area (Å²) in [6.45, 7) is 4.37. The van der Waals surface area contributed by atoms with Crippen molar-refractivity contribution in [1.29, 1.82) is 0 Å². The minimum absolute atomic E-state index is 0.0208. The molecule has 1 fully saturated rings. The van der Waals surface area contributed by atoms with Gasteiger partial charge in [-0.25, -0.2) is 4.79 Å². The number of hydrogen-bond donors (Lipinski definition) is 3. The highest BCUT2D eigenvalue weighted by molar-refractivity contribution is 5.79. The number of likely N-dealkylation sites (N-methyl/N-ethyl adjacent to an activating group) is 1. The van der Waals surface area contributed by atoms with Crippen LogP contribution in [0.4, 0.5) is 4.79 Å². The van der Waals surface area contributed by atoms with Crippen molar-refractivity contribution in [2.75, 3.05) is 20.6 Å². The van der Waals surface area contributed by atoms with Gasteiger partial charge in [0.1, 0.15) is 0 Å². The summed E-state index contributed by atoms with van der Waals surface area (Å²) in [4.78, 5) is 25.2. The molecule has 0 radical (unpaired) electrons. The second kappa shape index (κ2) is 6.23. The molecule has 0 aromatic rings. The first kappa shape index (κ1) is 15.8. The van der Waals surface area contributed by atoms with E-state index in [1.807, 2.05) is 25.9 Å². The highest BCUT2D eigenvalue weighted by atomic mass is 16.4. The van der Waals surface area contributed by atoms with Crippen LogP contribution in [0.3, 0.4) is 0 Å². The molecule has 1 rings (SSSR count). The summed E-state index contributed by atoms with van der Waals surface area (Å²) in [5.74, 6) is -0.836. The van der Waals surface area contributed by atoms with Crippen LogP contribution >= 0.6 is 0 Å². The Morgan fingerprint density at radius 3 is 2.63 bits per heavy atom. The minimum atomic E-state index is -0.845. The van der Waals surface area contributed by atoms with Crippen molar-refractivity contribution in [3.63, 3.8) is 0 Å². The minimum Gasteiger partial charge on any atom is -0.481 e. The van der Waals surface area contributed by atoms with Gasteiger partial charge in [-0.1, -0.05) is 6.42 Å². The van der Waals surface area contributed by atoms with Crippen molar-refractivity contribution in [2.45, 2.75) is 45.2 Å². The van der Waals surface area contributed by atoms with Crippen molar-refractivity contribution in [3.8, 4) is 0 Å². The molecule has 0 heterocycles. The standard InChI is InChI=1S/C13H25N3O3/c1-9(8-16(3)4)14-12(19)15-10-6-5-7-13(10,2)11(17)18/h9-10H,5-8H2,1-4H3,(H,17,18)(H2,14,15,19). The van der Waals surface area contributed by atoms with Gasteiger partial charge in [-0.15, -0.1) is 0 Å². The number of urea groups is 1. The molecule has 6 heteroatoms. The van der Waals surface area contributed by atoms with E-state index >= 15 is 0 Å². The van der Waals surface area contributed by atoms with Gasteiger partial charge in [-0.2, -0.15) is 0 Å². The fourth-order valence-electron chi connectivity index (χ4n) is 2.67. The largest absolute Gasteiger partial charge is 0.481 e. The van der Waals surface area contributed by atoms with Crippen molar-refractivity contribution >= 4 is 12.0 Å². The van der Waals surface area contributed by atoms with Crippen LogP contribution in [0.25, 0.3) is 0 Å². The Morgan fingerprint density at radius 2 is 2.11 bits per heavy atom. The fourth-order valence-corrected chi connectivity index (χ4v) is 2.67. The van der Waals surface area contributed by atoms with Gasteiger partial charge in [0, 0.05) is 18.6 Å². The quantitative estimate of drug-likeness (QED) is 0.693. The number of carboxylic acids is 1. The molecule has 2 amide bonds. The molecule has 110 valence electrons. The average molecular weight is 271 g/mol. The van der Waals surface area contributed by atoms with Crippen LogP contribution in [0.5, 0.6) is 0 Å². The molecule has 3 atom stereocenters. The Bertz CT molecular complexity index is 346. The number of carboxylic acid groups (broad SMARTS) is 1. The predicted molar refractivity (Wildman–Crippen MR) is 73.1 cm³/mol. The maximum atomic E-state index is 11.9. The van der Waals surface area contributed by atoms with Crippen molar-refractivity contribution in [1.82, 2.24) is 15.5 Å². The van der Waals surface area contributed by atoms with E-state index in [-0.39, 0.29) is 18.1 Å². The Balaban J connectivity index is 2.50. The van der Waals surface area contributed by atoms with Gasteiger partial charge in [-0.05, 0) is 40.8 Å². The lowest BCUT2D eigenvalue weighted by Gasteiger charge is -2.28. The molecule has 3 N–H and O–H groups in total. The Hall–Kier alpha value is -1.30. The summed E-state index contributed by atoms with van der Waals surface area (Å²) in [6.07, 6.45) is 2.17. The van der Waals surface area contributed by atoms with Crippen molar-refractivity contribution in [2.24, 2.45) is 5.41 Å². The molecule has 19 heavy (non-hydrogen) atoms. The van der Waals surface area contributed by atoms with E-state index in [1.54, 1.807) is 6.92 Å². The number of nitrogens with one attached hydrogen (secondary N) is 2. The van der Waals surface area contributed by atoms with Crippen LogP contribution in [-0.2, 0) is 4.79 Å². The van der Waals surface area contributed by atoms with Gasteiger partial charge >= 0.3 is 12.0 Å². The smallest absolute Gasteiger partial charge is 0.315 e. The van der Waals surface area contributed by atoms with Crippen LogP contribution in [-0.4, -0.2) is 54.7 Å². The van der Waals surface area contributed by atoms with E-state index in [0.717, 1.165) is 19.4 Å². The summed E-state index contributed by atoms with van der Waals surface area (Å²) < 4.78 is 0. The van der Waals surface area contributed by atoms with Crippen molar-refractivity contribution < 1.29 is 14.7 Å². The van der Waals surface area contributed by atoms with Gasteiger partial charge in [-0.3, -0.25) is 4.79 Å². The van der Waals surface area contributed by atoms with Crippen LogP contribution in [0.1, 0.15) is 33.1 Å². The van der Waals surface area contributed by atoms with Crippen LogP contribution in [0.15, 0.2) is 0 Å². The molecule has 0 aliphatic heterocycles. The highest BCUT2D eigenvalue weighted by Crippen LogP contribution is 2.38. The topological polar surface area (TPSA) is 81.7 Å². The second-order valence-electron chi connectivity index (χ2n) is 5.95. The SMILES string of the molecule is CC(CN(C)C)NC(=O)NC1CCCC1(C)C(=O)O. The molecule has 0 saturated heterocycles. The molecular weight excluding hydrogens is 246 g/mol. The molecule has 0 bridgehead atoms. The average Bonchev–Trinajstić information content (AvgIpc) is 2.59. The number of carbonyl (C=O) groups excluding carboxylic acids is 1. The fraction of sp³-hybridized carbons (Fsp3) is 0.846. The first-order valence-corrected chi connectivity index (χ1v) is 6.71. The molecular formula is C13H25N3O3. The summed E-state index contributed by atoms with van der Waals surface area (Å²) in [5.41, 5.74) is -0.845. The predicted octanol–water partition coefficient (Wildman–Crippen LogP) is 0.879. The molecule has 0 spiro atoms. The third kappa shape index (κ3) is 4.09. The Kier molecular flexibility index (Phi) is 5.17. The maximum absolute atomic E-state index is 11.9. The summed E-state index contributed by atoms with van der Waals surface area (Å²) in [6, 6.07) is -0.558. The number of aliphatic carboxylic acids is 1. The zero-order chi connectivity index (χ0) is 14.6. The van der Waals surface area contributed by atoms with Gasteiger partial charge in [0.25, 0.3) is 0 Å². The molecule has 6 nitrogen and oxygen atoms in total. The number of carbonyl (C=O) groups is 2. The van der Waals surface area contributed by atoms with Crippen molar-refractivity contribution in [3.05, 3.63) is 0 Å². The summed E-state index contributed by atoms with van der Waals surface area (Å²) in [7, 11) is 3.88. The number of nitrogens with zero attached hydrogens (tertiary/aromatic N) is 1. The summed E-state index contributed by atoms with van der Waals surface area (Å²) in [5, 5.41) is 14.9. The molecule has 3 unspecified atom stereocenters. The zero-order valence-corrected chi connectivity index (χ0v) is 12.2. The van der Waals surface area contributed by atoms with Gasteiger partial charge < -0.3 is 20.6 Å². The molecule has 1 aliphatic rings. The van der Waals surface area contributed by atoms with E-state index < -0.39 is 11.4 Å². The summed E-state index contributed by atoms with van der Waals surface area (Å²) >= 11 is 0. The molecule has 0 aromatic heterocycles. The first-order valence-electron chi connectivity index (χ1n) is 6.71. The number of amides is 2. The van der Waals surface area contributed by atoms with E-state index in [1.165, 1.54) is 0 Å². The first-order chi connectivity index (χ1) is 8.75. The van der Waals surface area contributed by atoms with Crippen LogP contribution in [0.2, 0.25) is 0 Å². The monoisotopic (exact) mass is 271 g/mol. The van der Waals surface area contributed by atoms with Gasteiger partial charge in [0.15, 0.2) is 0 Å². The van der Waals surface area contributed by atoms with E-state index in [9.17, 15) is 14.7 Å². The lowest BCUT2D eigenvalue weighted by molar-refractivity contribution is -0.148. The Morgan fingerprint density at radius 1 is 1.47 bits per heavy atom. The maximum Gasteiger partial charge on any atom is 0.315 e. The van der Waals surface area contributed by atoms with Crippen LogP contribution in [0, 0.1) is 5.41 Å². The Labute approximate surface area is 114 Å². The lowest BCUT2D eigenvalue weighted by atomic mass is 9.85. The lowest BCUT2D eigenvalue weighted by Crippen LogP contribution is -2.52. The molecule has 0 aromatic carbocycles. The third-order valence-corrected chi connectivity index (χ3v) is 3.77. The van der Waals surface area contributed by atoms with E-state index in [2.05, 4.69) is 10.6 Å². The normalized spacial score (nSPS) is 28.2. The zero-order valence-electron chi connectivity index (χ0n) is 12.2. The number of rotatable bonds is 5.